The minimum absolute atomic E-state index is 0.200. The van der Waals surface area contributed by atoms with Crippen LogP contribution in [0.15, 0.2) is 52.2 Å². The molecule has 114 valence electrons. The van der Waals surface area contributed by atoms with Crippen LogP contribution < -0.4 is 10.0 Å². The molecule has 0 fully saturated rings. The van der Waals surface area contributed by atoms with Crippen LogP contribution in [0.4, 0.5) is 0 Å². The molecule has 1 aromatic heterocycles. The molecule has 6 heteroatoms. The number of hydrogen-bond donors (Lipinski definition) is 2. The van der Waals surface area contributed by atoms with E-state index in [1.165, 1.54) is 12.5 Å². The predicted octanol–water partition coefficient (Wildman–Crippen LogP) is 2.43. The second-order valence-electron chi connectivity index (χ2n) is 4.80. The largest absolute Gasteiger partial charge is 0.472 e. The molecule has 1 unspecified atom stereocenters. The number of nitrogens with one attached hydrogen (secondary N) is 2. The third-order valence-corrected chi connectivity index (χ3v) is 4.66. The minimum Gasteiger partial charge on any atom is -0.472 e. The van der Waals surface area contributed by atoms with Gasteiger partial charge in [-0.3, -0.25) is 0 Å². The highest BCUT2D eigenvalue weighted by atomic mass is 32.2. The van der Waals surface area contributed by atoms with E-state index in [9.17, 15) is 8.42 Å². The first-order valence-corrected chi connectivity index (χ1v) is 8.35. The average molecular weight is 308 g/mol. The Morgan fingerprint density at radius 1 is 1.19 bits per heavy atom. The zero-order valence-corrected chi connectivity index (χ0v) is 13.0. The first-order chi connectivity index (χ1) is 10.0. The van der Waals surface area contributed by atoms with Crippen molar-refractivity contribution in [3.05, 3.63) is 54.0 Å². The van der Waals surface area contributed by atoms with E-state index in [1.807, 2.05) is 26.0 Å². The molecule has 1 aromatic carbocycles. The first kappa shape index (κ1) is 15.8. The van der Waals surface area contributed by atoms with Gasteiger partial charge in [0.1, 0.15) is 0 Å². The van der Waals surface area contributed by atoms with Crippen molar-refractivity contribution in [1.82, 2.24) is 10.0 Å². The summed E-state index contributed by atoms with van der Waals surface area (Å²) in [5.74, 6) is 0. The Labute approximate surface area is 125 Å². The van der Waals surface area contributed by atoms with Crippen LogP contribution in [0, 0.1) is 0 Å². The van der Waals surface area contributed by atoms with Gasteiger partial charge in [0.25, 0.3) is 0 Å². The second kappa shape index (κ2) is 6.89. The number of rotatable bonds is 7. The summed E-state index contributed by atoms with van der Waals surface area (Å²) in [4.78, 5) is 0.262. The molecule has 2 N–H and O–H groups in total. The summed E-state index contributed by atoms with van der Waals surface area (Å²) in [5, 5.41) is 3.29. The van der Waals surface area contributed by atoms with Crippen molar-refractivity contribution < 1.29 is 12.8 Å². The van der Waals surface area contributed by atoms with E-state index >= 15 is 0 Å². The predicted molar refractivity (Wildman–Crippen MR) is 81.3 cm³/mol. The van der Waals surface area contributed by atoms with Gasteiger partial charge in [0.2, 0.25) is 10.0 Å². The molecular formula is C15H20N2O3S. The molecular weight excluding hydrogens is 288 g/mol. The van der Waals surface area contributed by atoms with Gasteiger partial charge >= 0.3 is 0 Å². The molecule has 0 saturated carbocycles. The van der Waals surface area contributed by atoms with E-state index < -0.39 is 10.0 Å². The molecule has 0 aliphatic carbocycles. The van der Waals surface area contributed by atoms with Gasteiger partial charge in [0, 0.05) is 18.2 Å². The summed E-state index contributed by atoms with van der Waals surface area (Å²) >= 11 is 0. The van der Waals surface area contributed by atoms with E-state index in [2.05, 4.69) is 10.0 Å². The van der Waals surface area contributed by atoms with E-state index in [0.717, 1.165) is 17.7 Å². The van der Waals surface area contributed by atoms with Gasteiger partial charge in [-0.2, -0.15) is 0 Å². The van der Waals surface area contributed by atoms with Crippen molar-refractivity contribution in [1.29, 1.82) is 0 Å². The molecule has 0 bridgehead atoms. The molecule has 5 nitrogen and oxygen atoms in total. The maximum atomic E-state index is 12.2. The monoisotopic (exact) mass is 308 g/mol. The quantitative estimate of drug-likeness (QED) is 0.824. The summed E-state index contributed by atoms with van der Waals surface area (Å²) in [5.41, 5.74) is 1.85. The highest BCUT2D eigenvalue weighted by molar-refractivity contribution is 7.89. The highest BCUT2D eigenvalue weighted by Gasteiger charge is 2.14. The smallest absolute Gasteiger partial charge is 0.240 e. The fraction of sp³-hybridized carbons (Fsp3) is 0.333. The summed E-state index contributed by atoms with van der Waals surface area (Å²) < 4.78 is 31.8. The Kier molecular flexibility index (Phi) is 5.17. The van der Waals surface area contributed by atoms with Crippen LogP contribution in [0.5, 0.6) is 0 Å². The lowest BCUT2D eigenvalue weighted by Crippen LogP contribution is -2.23. The highest BCUT2D eigenvalue weighted by Crippen LogP contribution is 2.16. The number of hydrogen-bond acceptors (Lipinski definition) is 4. The van der Waals surface area contributed by atoms with E-state index in [-0.39, 0.29) is 17.5 Å². The standard InChI is InChI=1S/C15H20N2O3S/c1-3-16-12(2)14-4-6-15(7-5-14)21(18,19)17-10-13-8-9-20-11-13/h4-9,11-12,16-17H,3,10H2,1-2H3. The lowest BCUT2D eigenvalue weighted by Gasteiger charge is -2.13. The van der Waals surface area contributed by atoms with E-state index in [4.69, 9.17) is 4.42 Å². The van der Waals surface area contributed by atoms with Crippen molar-refractivity contribution in [3.8, 4) is 0 Å². The molecule has 2 rings (SSSR count). The molecule has 2 aromatic rings. The molecule has 0 aliphatic rings. The van der Waals surface area contributed by atoms with Gasteiger partial charge in [-0.25, -0.2) is 13.1 Å². The zero-order valence-electron chi connectivity index (χ0n) is 12.2. The fourth-order valence-corrected chi connectivity index (χ4v) is 3.03. The molecule has 0 aliphatic heterocycles. The van der Waals surface area contributed by atoms with Gasteiger partial charge in [-0.05, 0) is 37.2 Å². The van der Waals surface area contributed by atoms with Gasteiger partial charge in [-0.1, -0.05) is 19.1 Å². The molecule has 1 atom stereocenters. The Morgan fingerprint density at radius 2 is 1.90 bits per heavy atom. The van der Waals surface area contributed by atoms with Crippen LogP contribution in [-0.4, -0.2) is 15.0 Å². The Balaban J connectivity index is 2.06. The Morgan fingerprint density at radius 3 is 2.48 bits per heavy atom. The maximum absolute atomic E-state index is 12.2. The maximum Gasteiger partial charge on any atom is 0.240 e. The Hall–Kier alpha value is -1.63. The second-order valence-corrected chi connectivity index (χ2v) is 6.57. The molecule has 0 amide bonds. The fourth-order valence-electron chi connectivity index (χ4n) is 2.01. The van der Waals surface area contributed by atoms with E-state index in [0.29, 0.717) is 0 Å². The summed E-state index contributed by atoms with van der Waals surface area (Å²) in [7, 11) is -3.50. The number of furan rings is 1. The molecule has 1 heterocycles. The Bertz CT molecular complexity index is 649. The van der Waals surface area contributed by atoms with E-state index in [1.54, 1.807) is 18.2 Å². The lowest BCUT2D eigenvalue weighted by atomic mass is 10.1. The third-order valence-electron chi connectivity index (χ3n) is 3.25. The topological polar surface area (TPSA) is 71.3 Å². The van der Waals surface area contributed by atoms with Gasteiger partial charge < -0.3 is 9.73 Å². The summed E-state index contributed by atoms with van der Waals surface area (Å²) in [6.45, 7) is 5.17. The summed E-state index contributed by atoms with van der Waals surface area (Å²) in [6.07, 6.45) is 3.03. The van der Waals surface area contributed by atoms with Crippen LogP contribution in [-0.2, 0) is 16.6 Å². The molecule has 0 saturated heterocycles. The van der Waals surface area contributed by atoms with Gasteiger partial charge in [0.15, 0.2) is 0 Å². The van der Waals surface area contributed by atoms with Crippen LogP contribution >= 0.6 is 0 Å². The minimum atomic E-state index is -3.50. The van der Waals surface area contributed by atoms with Crippen LogP contribution in [0.25, 0.3) is 0 Å². The molecule has 21 heavy (non-hydrogen) atoms. The van der Waals surface area contributed by atoms with Crippen molar-refractivity contribution >= 4 is 10.0 Å². The van der Waals surface area contributed by atoms with Crippen molar-refractivity contribution in [2.45, 2.75) is 31.3 Å². The zero-order chi connectivity index (χ0) is 15.3. The van der Waals surface area contributed by atoms with Crippen molar-refractivity contribution in [2.24, 2.45) is 0 Å². The third kappa shape index (κ3) is 4.17. The van der Waals surface area contributed by atoms with Crippen molar-refractivity contribution in [3.63, 3.8) is 0 Å². The van der Waals surface area contributed by atoms with Gasteiger partial charge in [-0.15, -0.1) is 0 Å². The SMILES string of the molecule is CCNC(C)c1ccc(S(=O)(=O)NCc2ccoc2)cc1. The van der Waals surface area contributed by atoms with Gasteiger partial charge in [0.05, 0.1) is 17.4 Å². The number of sulfonamides is 1. The number of benzene rings is 1. The van der Waals surface area contributed by atoms with Crippen molar-refractivity contribution in [2.75, 3.05) is 6.54 Å². The summed E-state index contributed by atoms with van der Waals surface area (Å²) in [6, 6.07) is 8.84. The van der Waals surface area contributed by atoms with Crippen LogP contribution in [0.2, 0.25) is 0 Å². The lowest BCUT2D eigenvalue weighted by molar-refractivity contribution is 0.561. The average Bonchev–Trinajstić information content (AvgIpc) is 2.99. The molecule has 0 spiro atoms. The van der Waals surface area contributed by atoms with Crippen LogP contribution in [0.3, 0.4) is 0 Å². The molecule has 0 radical (unpaired) electrons. The first-order valence-electron chi connectivity index (χ1n) is 6.87. The van der Waals surface area contributed by atoms with Crippen LogP contribution in [0.1, 0.15) is 31.0 Å². The normalized spacial score (nSPS) is 13.2.